The smallest absolute Gasteiger partial charge is 0.134 e. The molecule has 0 bridgehead atoms. The highest BCUT2D eigenvalue weighted by molar-refractivity contribution is 5.45. The molecule has 0 fully saturated rings. The molecule has 2 aromatic rings. The van der Waals surface area contributed by atoms with E-state index in [1.165, 1.54) is 5.56 Å². The number of rotatable bonds is 5. The van der Waals surface area contributed by atoms with Crippen molar-refractivity contribution >= 4 is 0 Å². The van der Waals surface area contributed by atoms with E-state index in [9.17, 15) is 5.11 Å². The molecule has 2 aromatic carbocycles. The Hall–Kier alpha value is -2.31. The second-order valence-corrected chi connectivity index (χ2v) is 5.04. The molecule has 0 saturated heterocycles. The quantitative estimate of drug-likeness (QED) is 0.886. The molecule has 0 spiro atoms. The minimum atomic E-state index is -0.646. The summed E-state index contributed by atoms with van der Waals surface area (Å²) in [5.74, 6) is 1.22. The fourth-order valence-electron chi connectivity index (χ4n) is 2.18. The summed E-state index contributed by atoms with van der Waals surface area (Å²) in [7, 11) is 0. The molecular weight excluding hydrogens is 262 g/mol. The number of hydrogen-bond acceptors (Lipinski definition) is 3. The van der Waals surface area contributed by atoms with Crippen LogP contribution in [0.5, 0.6) is 11.5 Å². The number of aliphatic hydroxyl groups is 1. The third kappa shape index (κ3) is 3.84. The summed E-state index contributed by atoms with van der Waals surface area (Å²) in [6, 6.07) is 15.0. The molecule has 2 rings (SSSR count). The van der Waals surface area contributed by atoms with Gasteiger partial charge >= 0.3 is 0 Å². The zero-order chi connectivity index (χ0) is 15.2. The number of benzene rings is 2. The van der Waals surface area contributed by atoms with E-state index in [4.69, 9.17) is 10.00 Å². The van der Waals surface area contributed by atoms with E-state index in [0.717, 1.165) is 12.8 Å². The highest BCUT2D eigenvalue weighted by atomic mass is 16.5. The van der Waals surface area contributed by atoms with E-state index in [-0.39, 0.29) is 0 Å². The maximum atomic E-state index is 9.80. The van der Waals surface area contributed by atoms with Crippen LogP contribution in [0.4, 0.5) is 0 Å². The molecule has 0 aromatic heterocycles. The number of aliphatic hydroxyl groups excluding tert-OH is 1. The lowest BCUT2D eigenvalue weighted by Crippen LogP contribution is -1.97. The second kappa shape index (κ2) is 6.92. The normalized spacial score (nSPS) is 11.7. The van der Waals surface area contributed by atoms with E-state index in [0.29, 0.717) is 22.6 Å². The molecule has 0 heterocycles. The van der Waals surface area contributed by atoms with Crippen LogP contribution >= 0.6 is 0 Å². The van der Waals surface area contributed by atoms with Gasteiger partial charge in [0, 0.05) is 5.56 Å². The van der Waals surface area contributed by atoms with Crippen LogP contribution in [0, 0.1) is 11.3 Å². The van der Waals surface area contributed by atoms with Gasteiger partial charge in [-0.25, -0.2) is 0 Å². The number of hydrogen-bond donors (Lipinski definition) is 1. The van der Waals surface area contributed by atoms with Crippen LogP contribution in [-0.2, 0) is 6.42 Å². The Morgan fingerprint density at radius 3 is 2.48 bits per heavy atom. The number of nitriles is 1. The molecule has 21 heavy (non-hydrogen) atoms. The lowest BCUT2D eigenvalue weighted by molar-refractivity contribution is 0.195. The highest BCUT2D eigenvalue weighted by Gasteiger charge is 2.11. The van der Waals surface area contributed by atoms with E-state index in [1.807, 2.05) is 24.3 Å². The maximum absolute atomic E-state index is 9.80. The first-order valence-corrected chi connectivity index (χ1v) is 7.13. The van der Waals surface area contributed by atoms with Crippen molar-refractivity contribution in [2.24, 2.45) is 0 Å². The summed E-state index contributed by atoms with van der Waals surface area (Å²) in [5.41, 5.74) is 2.45. The van der Waals surface area contributed by atoms with Crippen molar-refractivity contribution in [2.75, 3.05) is 0 Å². The summed E-state index contributed by atoms with van der Waals surface area (Å²) < 4.78 is 5.84. The van der Waals surface area contributed by atoms with Crippen molar-refractivity contribution in [2.45, 2.75) is 32.8 Å². The number of ether oxygens (including phenoxy) is 1. The first-order chi connectivity index (χ1) is 10.1. The largest absolute Gasteiger partial charge is 0.457 e. The molecule has 0 amide bonds. The van der Waals surface area contributed by atoms with Gasteiger partial charge in [0.1, 0.15) is 11.5 Å². The topological polar surface area (TPSA) is 53.2 Å². The van der Waals surface area contributed by atoms with Gasteiger partial charge in [-0.05, 0) is 43.2 Å². The van der Waals surface area contributed by atoms with E-state index >= 15 is 0 Å². The highest BCUT2D eigenvalue weighted by Crippen LogP contribution is 2.30. The Morgan fingerprint density at radius 1 is 1.19 bits per heavy atom. The molecule has 0 aliphatic rings. The maximum Gasteiger partial charge on any atom is 0.134 e. The zero-order valence-corrected chi connectivity index (χ0v) is 12.3. The van der Waals surface area contributed by atoms with Crippen molar-refractivity contribution in [3.8, 4) is 17.6 Å². The average Bonchev–Trinajstić information content (AvgIpc) is 2.49. The molecule has 0 aliphatic heterocycles. The van der Waals surface area contributed by atoms with Gasteiger partial charge in [-0.2, -0.15) is 5.26 Å². The summed E-state index contributed by atoms with van der Waals surface area (Å²) in [6.45, 7) is 3.82. The molecule has 3 nitrogen and oxygen atoms in total. The minimum absolute atomic E-state index is 0.511. The molecule has 108 valence electrons. The molecule has 0 radical (unpaired) electrons. The third-order valence-electron chi connectivity index (χ3n) is 3.28. The average molecular weight is 281 g/mol. The lowest BCUT2D eigenvalue weighted by atomic mass is 10.1. The van der Waals surface area contributed by atoms with Gasteiger partial charge in [-0.1, -0.05) is 31.5 Å². The van der Waals surface area contributed by atoms with Gasteiger partial charge in [0.25, 0.3) is 0 Å². The standard InChI is InChI=1S/C18H19NO2/c1-3-4-14-5-8-16(9-6-14)21-18-11-15(12-19)7-10-17(18)13(2)20/h5-11,13,20H,3-4H2,1-2H3/t13-/m0/s1. The predicted molar refractivity (Wildman–Crippen MR) is 82.3 cm³/mol. The van der Waals surface area contributed by atoms with Crippen LogP contribution in [0.3, 0.4) is 0 Å². The molecule has 1 atom stereocenters. The Bertz CT molecular complexity index is 639. The third-order valence-corrected chi connectivity index (χ3v) is 3.28. The Morgan fingerprint density at radius 2 is 1.90 bits per heavy atom. The van der Waals surface area contributed by atoms with Crippen molar-refractivity contribution in [1.82, 2.24) is 0 Å². The first kappa shape index (κ1) is 15.1. The van der Waals surface area contributed by atoms with E-state index < -0.39 is 6.10 Å². The van der Waals surface area contributed by atoms with Crippen molar-refractivity contribution in [3.05, 3.63) is 59.2 Å². The molecule has 3 heteroatoms. The van der Waals surface area contributed by atoms with Crippen LogP contribution in [0.25, 0.3) is 0 Å². The summed E-state index contributed by atoms with van der Waals surface area (Å²) in [6.07, 6.45) is 1.51. The first-order valence-electron chi connectivity index (χ1n) is 7.13. The molecule has 0 saturated carbocycles. The van der Waals surface area contributed by atoms with Crippen LogP contribution < -0.4 is 4.74 Å². The summed E-state index contributed by atoms with van der Waals surface area (Å²) in [4.78, 5) is 0. The zero-order valence-electron chi connectivity index (χ0n) is 12.3. The van der Waals surface area contributed by atoms with Crippen LogP contribution in [0.2, 0.25) is 0 Å². The van der Waals surface area contributed by atoms with Crippen molar-refractivity contribution < 1.29 is 9.84 Å². The van der Waals surface area contributed by atoms with Crippen molar-refractivity contribution in [1.29, 1.82) is 5.26 Å². The molecule has 1 N–H and O–H groups in total. The minimum Gasteiger partial charge on any atom is -0.457 e. The molecule has 0 aliphatic carbocycles. The Kier molecular flexibility index (Phi) is 4.97. The lowest BCUT2D eigenvalue weighted by Gasteiger charge is -2.13. The van der Waals surface area contributed by atoms with Gasteiger partial charge in [0.2, 0.25) is 0 Å². The predicted octanol–water partition coefficient (Wildman–Crippen LogP) is 4.36. The van der Waals surface area contributed by atoms with Gasteiger partial charge in [-0.3, -0.25) is 0 Å². The van der Waals surface area contributed by atoms with E-state index in [2.05, 4.69) is 13.0 Å². The Balaban J connectivity index is 2.27. The van der Waals surface area contributed by atoms with Gasteiger partial charge < -0.3 is 9.84 Å². The van der Waals surface area contributed by atoms with Gasteiger partial charge in [0.15, 0.2) is 0 Å². The van der Waals surface area contributed by atoms with Crippen LogP contribution in [0.15, 0.2) is 42.5 Å². The second-order valence-electron chi connectivity index (χ2n) is 5.04. The van der Waals surface area contributed by atoms with Gasteiger partial charge in [-0.15, -0.1) is 0 Å². The monoisotopic (exact) mass is 281 g/mol. The molecular formula is C18H19NO2. The summed E-state index contributed by atoms with van der Waals surface area (Å²) in [5, 5.41) is 18.8. The fraction of sp³-hybridized carbons (Fsp3) is 0.278. The van der Waals surface area contributed by atoms with Gasteiger partial charge in [0.05, 0.1) is 17.7 Å². The fourth-order valence-corrected chi connectivity index (χ4v) is 2.18. The SMILES string of the molecule is CCCc1ccc(Oc2cc(C#N)ccc2[C@H](C)O)cc1. The van der Waals surface area contributed by atoms with Crippen LogP contribution in [0.1, 0.15) is 43.1 Å². The van der Waals surface area contributed by atoms with E-state index in [1.54, 1.807) is 25.1 Å². The number of nitrogens with zero attached hydrogens (tertiary/aromatic N) is 1. The number of aryl methyl sites for hydroxylation is 1. The Labute approximate surface area is 125 Å². The molecule has 0 unspecified atom stereocenters. The summed E-state index contributed by atoms with van der Waals surface area (Å²) >= 11 is 0. The van der Waals surface area contributed by atoms with Crippen LogP contribution in [-0.4, -0.2) is 5.11 Å². The van der Waals surface area contributed by atoms with Crippen molar-refractivity contribution in [3.63, 3.8) is 0 Å².